The molecule has 2 fully saturated rings. The summed E-state index contributed by atoms with van der Waals surface area (Å²) in [6.07, 6.45) is 7.84. The largest absolute Gasteiger partial charge is 0.444 e. The van der Waals surface area contributed by atoms with Crippen LogP contribution in [0.25, 0.3) is 0 Å². The first-order valence-corrected chi connectivity index (χ1v) is 7.29. The standard InChI is InChI=1S/C15H27NO2/c1-11(16-13(17)18-14(2,3)4)12-5-7-15(8-6-12)9-10-15/h11-12H,5-10H2,1-4H3,(H,16,17). The third-order valence-electron chi connectivity index (χ3n) is 4.50. The Hall–Kier alpha value is -0.730. The number of carbonyl (C=O) groups is 1. The van der Waals surface area contributed by atoms with E-state index in [4.69, 9.17) is 4.74 Å². The molecule has 0 bridgehead atoms. The summed E-state index contributed by atoms with van der Waals surface area (Å²) in [7, 11) is 0. The maximum absolute atomic E-state index is 11.7. The minimum atomic E-state index is -0.408. The van der Waals surface area contributed by atoms with E-state index in [1.54, 1.807) is 0 Å². The van der Waals surface area contributed by atoms with Gasteiger partial charge in [0, 0.05) is 6.04 Å². The monoisotopic (exact) mass is 253 g/mol. The third-order valence-corrected chi connectivity index (χ3v) is 4.50. The van der Waals surface area contributed by atoms with E-state index in [1.807, 2.05) is 20.8 Å². The molecule has 3 heteroatoms. The molecule has 2 aliphatic rings. The number of alkyl carbamates (subject to hydrolysis) is 1. The van der Waals surface area contributed by atoms with E-state index in [9.17, 15) is 4.79 Å². The minimum Gasteiger partial charge on any atom is -0.444 e. The summed E-state index contributed by atoms with van der Waals surface area (Å²) >= 11 is 0. The van der Waals surface area contributed by atoms with Crippen molar-refractivity contribution in [2.24, 2.45) is 11.3 Å². The van der Waals surface area contributed by atoms with Gasteiger partial charge in [-0.15, -0.1) is 0 Å². The van der Waals surface area contributed by atoms with Crippen LogP contribution in [-0.2, 0) is 4.74 Å². The van der Waals surface area contributed by atoms with Crippen LogP contribution in [0.3, 0.4) is 0 Å². The maximum atomic E-state index is 11.7. The molecule has 0 radical (unpaired) electrons. The second-order valence-electron chi connectivity index (χ2n) is 7.27. The van der Waals surface area contributed by atoms with E-state index < -0.39 is 5.60 Å². The van der Waals surface area contributed by atoms with Crippen molar-refractivity contribution in [3.05, 3.63) is 0 Å². The van der Waals surface area contributed by atoms with E-state index in [2.05, 4.69) is 12.2 Å². The van der Waals surface area contributed by atoms with Crippen molar-refractivity contribution in [1.29, 1.82) is 0 Å². The van der Waals surface area contributed by atoms with Gasteiger partial charge in [-0.2, -0.15) is 0 Å². The lowest BCUT2D eigenvalue weighted by molar-refractivity contribution is 0.0479. The average molecular weight is 253 g/mol. The zero-order chi connectivity index (χ0) is 13.4. The van der Waals surface area contributed by atoms with Gasteiger partial charge in [0.2, 0.25) is 0 Å². The Labute approximate surface area is 111 Å². The fraction of sp³-hybridized carbons (Fsp3) is 0.933. The Morgan fingerprint density at radius 2 is 1.78 bits per heavy atom. The smallest absolute Gasteiger partial charge is 0.407 e. The van der Waals surface area contributed by atoms with Gasteiger partial charge < -0.3 is 10.1 Å². The third kappa shape index (κ3) is 3.63. The Morgan fingerprint density at radius 3 is 2.22 bits per heavy atom. The number of nitrogens with one attached hydrogen (secondary N) is 1. The van der Waals surface area contributed by atoms with E-state index in [0.29, 0.717) is 5.92 Å². The topological polar surface area (TPSA) is 38.3 Å². The van der Waals surface area contributed by atoms with Crippen molar-refractivity contribution in [2.75, 3.05) is 0 Å². The van der Waals surface area contributed by atoms with Crippen LogP contribution in [0, 0.1) is 11.3 Å². The molecule has 1 N–H and O–H groups in total. The SMILES string of the molecule is CC(NC(=O)OC(C)(C)C)C1CCC2(CC1)CC2. The molecule has 0 aliphatic heterocycles. The number of hydrogen-bond donors (Lipinski definition) is 1. The fourth-order valence-electron chi connectivity index (χ4n) is 3.04. The molecule has 3 nitrogen and oxygen atoms in total. The fourth-order valence-corrected chi connectivity index (χ4v) is 3.04. The summed E-state index contributed by atoms with van der Waals surface area (Å²) in [6, 6.07) is 0.232. The van der Waals surface area contributed by atoms with Crippen LogP contribution in [0.5, 0.6) is 0 Å². The summed E-state index contributed by atoms with van der Waals surface area (Å²) in [5.41, 5.74) is 0.316. The number of amides is 1. The van der Waals surface area contributed by atoms with Crippen molar-refractivity contribution < 1.29 is 9.53 Å². The molecule has 1 amide bonds. The highest BCUT2D eigenvalue weighted by Crippen LogP contribution is 2.57. The molecule has 2 saturated carbocycles. The van der Waals surface area contributed by atoms with Crippen LogP contribution < -0.4 is 5.32 Å². The summed E-state index contributed by atoms with van der Waals surface area (Å²) in [5, 5.41) is 2.99. The molecule has 18 heavy (non-hydrogen) atoms. The molecule has 0 aromatic carbocycles. The second-order valence-corrected chi connectivity index (χ2v) is 7.27. The maximum Gasteiger partial charge on any atom is 0.407 e. The molecule has 0 heterocycles. The predicted molar refractivity (Wildman–Crippen MR) is 72.5 cm³/mol. The number of hydrogen-bond acceptors (Lipinski definition) is 2. The summed E-state index contributed by atoms with van der Waals surface area (Å²) in [6.45, 7) is 7.80. The molecule has 0 aromatic heterocycles. The zero-order valence-corrected chi connectivity index (χ0v) is 12.2. The molecule has 1 atom stereocenters. The molecule has 1 unspecified atom stereocenters. The van der Waals surface area contributed by atoms with Crippen molar-refractivity contribution in [3.63, 3.8) is 0 Å². The van der Waals surface area contributed by atoms with Crippen molar-refractivity contribution in [2.45, 2.75) is 77.9 Å². The van der Waals surface area contributed by atoms with E-state index in [1.165, 1.54) is 38.5 Å². The lowest BCUT2D eigenvalue weighted by atomic mass is 9.77. The van der Waals surface area contributed by atoms with Crippen LogP contribution in [0.15, 0.2) is 0 Å². The Morgan fingerprint density at radius 1 is 1.22 bits per heavy atom. The molecule has 2 aliphatic carbocycles. The highest BCUT2D eigenvalue weighted by atomic mass is 16.6. The minimum absolute atomic E-state index is 0.232. The quantitative estimate of drug-likeness (QED) is 0.811. The normalized spacial score (nSPS) is 24.7. The Balaban J connectivity index is 1.74. The molecule has 2 rings (SSSR count). The van der Waals surface area contributed by atoms with Crippen LogP contribution in [0.1, 0.15) is 66.2 Å². The lowest BCUT2D eigenvalue weighted by Gasteiger charge is -2.33. The van der Waals surface area contributed by atoms with Crippen molar-refractivity contribution in [3.8, 4) is 0 Å². The van der Waals surface area contributed by atoms with Gasteiger partial charge in [0.25, 0.3) is 0 Å². The zero-order valence-electron chi connectivity index (χ0n) is 12.2. The molecule has 104 valence electrons. The summed E-state index contributed by atoms with van der Waals surface area (Å²) in [4.78, 5) is 11.7. The van der Waals surface area contributed by atoms with E-state index in [0.717, 1.165) is 5.41 Å². The summed E-state index contributed by atoms with van der Waals surface area (Å²) < 4.78 is 5.30. The number of carbonyl (C=O) groups excluding carboxylic acids is 1. The van der Waals surface area contributed by atoms with Gasteiger partial charge in [0.1, 0.15) is 5.60 Å². The van der Waals surface area contributed by atoms with Gasteiger partial charge >= 0.3 is 6.09 Å². The number of rotatable bonds is 2. The van der Waals surface area contributed by atoms with Gasteiger partial charge in [0.05, 0.1) is 0 Å². The van der Waals surface area contributed by atoms with Crippen LogP contribution in [0.4, 0.5) is 4.79 Å². The predicted octanol–water partition coefficient (Wildman–Crippen LogP) is 3.87. The van der Waals surface area contributed by atoms with E-state index >= 15 is 0 Å². The first kappa shape index (κ1) is 13.7. The van der Waals surface area contributed by atoms with Crippen LogP contribution in [-0.4, -0.2) is 17.7 Å². The number of ether oxygens (including phenoxy) is 1. The molecular weight excluding hydrogens is 226 g/mol. The highest BCUT2D eigenvalue weighted by Gasteiger charge is 2.45. The van der Waals surface area contributed by atoms with Crippen LogP contribution >= 0.6 is 0 Å². The first-order chi connectivity index (χ1) is 8.30. The van der Waals surface area contributed by atoms with Gasteiger partial charge in [-0.05, 0) is 77.6 Å². The van der Waals surface area contributed by atoms with Gasteiger partial charge in [-0.1, -0.05) is 0 Å². The van der Waals surface area contributed by atoms with Gasteiger partial charge in [0.15, 0.2) is 0 Å². The average Bonchev–Trinajstić information content (AvgIpc) is 2.95. The Kier molecular flexibility index (Phi) is 3.61. The molecule has 0 aromatic rings. The lowest BCUT2D eigenvalue weighted by Crippen LogP contribution is -2.42. The van der Waals surface area contributed by atoms with Crippen LogP contribution in [0.2, 0.25) is 0 Å². The second kappa shape index (κ2) is 4.75. The molecule has 0 saturated heterocycles. The molecule has 1 spiro atoms. The van der Waals surface area contributed by atoms with Crippen molar-refractivity contribution >= 4 is 6.09 Å². The van der Waals surface area contributed by atoms with Gasteiger partial charge in [-0.25, -0.2) is 4.79 Å². The first-order valence-electron chi connectivity index (χ1n) is 7.29. The molecular formula is C15H27NO2. The van der Waals surface area contributed by atoms with Gasteiger partial charge in [-0.3, -0.25) is 0 Å². The summed E-state index contributed by atoms with van der Waals surface area (Å²) in [5.74, 6) is 0.628. The van der Waals surface area contributed by atoms with Crippen molar-refractivity contribution in [1.82, 2.24) is 5.32 Å². The Bertz CT molecular complexity index is 305. The van der Waals surface area contributed by atoms with E-state index in [-0.39, 0.29) is 12.1 Å². The highest BCUT2D eigenvalue weighted by molar-refractivity contribution is 5.68.